The zero-order chi connectivity index (χ0) is 15.3. The van der Waals surface area contributed by atoms with Crippen LogP contribution in [0.1, 0.15) is 39.2 Å². The van der Waals surface area contributed by atoms with Gasteiger partial charge in [-0.1, -0.05) is 32.9 Å². The highest BCUT2D eigenvalue weighted by atomic mass is 16.3. The molecule has 1 N–H and O–H groups in total. The molecule has 114 valence electrons. The Kier molecular flexibility index (Phi) is 3.27. The third kappa shape index (κ3) is 2.33. The highest BCUT2D eigenvalue weighted by Gasteiger charge is 2.55. The van der Waals surface area contributed by atoms with Crippen LogP contribution in [0.15, 0.2) is 24.3 Å². The van der Waals surface area contributed by atoms with E-state index in [1.54, 1.807) is 12.1 Å². The molecule has 2 atom stereocenters. The second-order valence-electron chi connectivity index (χ2n) is 7.64. The first-order chi connectivity index (χ1) is 9.82. The van der Waals surface area contributed by atoms with Crippen molar-refractivity contribution >= 4 is 5.91 Å². The molecule has 1 amide bonds. The number of hydrogen-bond acceptors (Lipinski definition) is 2. The summed E-state index contributed by atoms with van der Waals surface area (Å²) in [7, 11) is 0. The molecular weight excluding hydrogens is 262 g/mol. The fourth-order valence-corrected chi connectivity index (χ4v) is 4.11. The van der Waals surface area contributed by atoms with Crippen molar-refractivity contribution in [1.29, 1.82) is 0 Å². The molecule has 2 fully saturated rings. The maximum Gasteiger partial charge on any atom is 0.227 e. The third-order valence-corrected chi connectivity index (χ3v) is 6.25. The molecule has 2 bridgehead atoms. The normalized spacial score (nSPS) is 30.4. The zero-order valence-electron chi connectivity index (χ0n) is 13.2. The van der Waals surface area contributed by atoms with Crippen LogP contribution in [0.25, 0.3) is 0 Å². The third-order valence-electron chi connectivity index (χ3n) is 6.25. The number of benzene rings is 1. The molecule has 1 saturated heterocycles. The van der Waals surface area contributed by atoms with Gasteiger partial charge in [0.05, 0.1) is 6.42 Å². The fourth-order valence-electron chi connectivity index (χ4n) is 4.11. The van der Waals surface area contributed by atoms with Gasteiger partial charge in [0.15, 0.2) is 0 Å². The molecule has 21 heavy (non-hydrogen) atoms. The maximum atomic E-state index is 12.6. The Morgan fingerprint density at radius 1 is 1.29 bits per heavy atom. The van der Waals surface area contributed by atoms with Crippen LogP contribution in [0.2, 0.25) is 0 Å². The number of amides is 1. The van der Waals surface area contributed by atoms with Gasteiger partial charge in [-0.25, -0.2) is 0 Å². The number of piperidine rings is 1. The molecule has 3 heteroatoms. The Bertz CT molecular complexity index is 549. The first-order valence-corrected chi connectivity index (χ1v) is 7.87. The minimum absolute atomic E-state index is 0.217. The van der Waals surface area contributed by atoms with Crippen LogP contribution in [-0.4, -0.2) is 29.0 Å². The summed E-state index contributed by atoms with van der Waals surface area (Å²) in [4.78, 5) is 14.7. The van der Waals surface area contributed by atoms with Gasteiger partial charge >= 0.3 is 0 Å². The highest BCUT2D eigenvalue weighted by molar-refractivity contribution is 5.79. The molecule has 1 saturated carbocycles. The van der Waals surface area contributed by atoms with Gasteiger partial charge < -0.3 is 10.0 Å². The van der Waals surface area contributed by atoms with Gasteiger partial charge in [-0.15, -0.1) is 0 Å². The number of hydrogen-bond donors (Lipinski definition) is 1. The smallest absolute Gasteiger partial charge is 0.227 e. The van der Waals surface area contributed by atoms with E-state index in [1.807, 2.05) is 12.1 Å². The highest BCUT2D eigenvalue weighted by Crippen LogP contribution is 2.58. The van der Waals surface area contributed by atoms with E-state index in [-0.39, 0.29) is 17.1 Å². The van der Waals surface area contributed by atoms with Gasteiger partial charge in [-0.05, 0) is 47.3 Å². The number of fused-ring (bicyclic) bond motifs is 2. The Morgan fingerprint density at radius 3 is 2.57 bits per heavy atom. The summed E-state index contributed by atoms with van der Waals surface area (Å²) < 4.78 is 0. The van der Waals surface area contributed by atoms with Crippen molar-refractivity contribution in [3.05, 3.63) is 29.8 Å². The van der Waals surface area contributed by atoms with Crippen molar-refractivity contribution in [1.82, 2.24) is 4.90 Å². The topological polar surface area (TPSA) is 40.5 Å². The van der Waals surface area contributed by atoms with Crippen LogP contribution in [0.3, 0.4) is 0 Å². The molecule has 1 heterocycles. The molecule has 1 aliphatic heterocycles. The predicted molar refractivity (Wildman–Crippen MR) is 83.0 cm³/mol. The monoisotopic (exact) mass is 287 g/mol. The van der Waals surface area contributed by atoms with Gasteiger partial charge in [-0.3, -0.25) is 4.79 Å². The predicted octanol–water partition coefficient (Wildman–Crippen LogP) is 3.22. The molecule has 0 radical (unpaired) electrons. The molecule has 1 aromatic rings. The lowest BCUT2D eigenvalue weighted by Crippen LogP contribution is -2.54. The van der Waals surface area contributed by atoms with Gasteiger partial charge in [0, 0.05) is 13.1 Å². The SMILES string of the molecule is CC1(C)C2CC[C@@]1(C)CN(C(=O)Cc1ccc(O)cc1)C2. The number of carbonyl (C=O) groups is 1. The van der Waals surface area contributed by atoms with Crippen LogP contribution in [0.4, 0.5) is 0 Å². The van der Waals surface area contributed by atoms with Crippen LogP contribution in [0, 0.1) is 16.7 Å². The van der Waals surface area contributed by atoms with Crippen molar-refractivity contribution in [3.63, 3.8) is 0 Å². The van der Waals surface area contributed by atoms with Crippen molar-refractivity contribution in [2.75, 3.05) is 13.1 Å². The van der Waals surface area contributed by atoms with Crippen LogP contribution >= 0.6 is 0 Å². The second-order valence-corrected chi connectivity index (χ2v) is 7.64. The molecular formula is C18H25NO2. The van der Waals surface area contributed by atoms with E-state index in [9.17, 15) is 9.90 Å². The molecule has 0 spiro atoms. The molecule has 2 aliphatic rings. The van der Waals surface area contributed by atoms with Gasteiger partial charge in [-0.2, -0.15) is 0 Å². The Hall–Kier alpha value is -1.51. The van der Waals surface area contributed by atoms with E-state index in [1.165, 1.54) is 12.8 Å². The maximum absolute atomic E-state index is 12.6. The molecule has 1 unspecified atom stereocenters. The summed E-state index contributed by atoms with van der Waals surface area (Å²) in [6.45, 7) is 8.86. The van der Waals surface area contributed by atoms with E-state index in [0.717, 1.165) is 18.7 Å². The Morgan fingerprint density at radius 2 is 1.95 bits per heavy atom. The van der Waals surface area contributed by atoms with Crippen molar-refractivity contribution in [3.8, 4) is 5.75 Å². The number of phenols is 1. The number of likely N-dealkylation sites (tertiary alicyclic amines) is 1. The average Bonchev–Trinajstić information content (AvgIpc) is 2.58. The fraction of sp³-hybridized carbons (Fsp3) is 0.611. The lowest BCUT2D eigenvalue weighted by atomic mass is 9.63. The number of carbonyl (C=O) groups excluding carboxylic acids is 1. The van der Waals surface area contributed by atoms with Crippen LogP contribution < -0.4 is 0 Å². The lowest BCUT2D eigenvalue weighted by Gasteiger charge is -2.50. The van der Waals surface area contributed by atoms with E-state index in [0.29, 0.717) is 17.8 Å². The summed E-state index contributed by atoms with van der Waals surface area (Å²) in [5.41, 5.74) is 1.56. The minimum atomic E-state index is 0.217. The first-order valence-electron chi connectivity index (χ1n) is 7.87. The second kappa shape index (κ2) is 4.75. The Labute approximate surface area is 127 Å². The van der Waals surface area contributed by atoms with Gasteiger partial charge in [0.1, 0.15) is 5.75 Å². The van der Waals surface area contributed by atoms with Gasteiger partial charge in [0.2, 0.25) is 5.91 Å². The Balaban J connectivity index is 1.71. The van der Waals surface area contributed by atoms with Crippen LogP contribution in [0.5, 0.6) is 5.75 Å². The first kappa shape index (κ1) is 14.4. The van der Waals surface area contributed by atoms with E-state index in [2.05, 4.69) is 25.7 Å². The summed E-state index contributed by atoms with van der Waals surface area (Å²) in [6.07, 6.45) is 2.91. The number of aromatic hydroxyl groups is 1. The van der Waals surface area contributed by atoms with Crippen molar-refractivity contribution in [2.24, 2.45) is 16.7 Å². The number of phenolic OH excluding ortho intramolecular Hbond substituents is 1. The standard InChI is InChI=1S/C18H25NO2/c1-17(2)14-8-9-18(17,3)12-19(11-14)16(21)10-13-4-6-15(20)7-5-13/h4-7,14,20H,8-12H2,1-3H3/t14?,18-/m0/s1. The molecule has 0 aromatic heterocycles. The van der Waals surface area contributed by atoms with Crippen LogP contribution in [-0.2, 0) is 11.2 Å². The molecule has 3 nitrogen and oxygen atoms in total. The number of rotatable bonds is 2. The van der Waals surface area contributed by atoms with E-state index >= 15 is 0 Å². The average molecular weight is 287 g/mol. The van der Waals surface area contributed by atoms with Crippen molar-refractivity contribution < 1.29 is 9.90 Å². The summed E-state index contributed by atoms with van der Waals surface area (Å²) in [6, 6.07) is 6.95. The molecule has 1 aromatic carbocycles. The van der Waals surface area contributed by atoms with E-state index < -0.39 is 0 Å². The summed E-state index contributed by atoms with van der Waals surface area (Å²) >= 11 is 0. The largest absolute Gasteiger partial charge is 0.508 e. The lowest BCUT2D eigenvalue weighted by molar-refractivity contribution is -0.138. The summed E-state index contributed by atoms with van der Waals surface area (Å²) in [5.74, 6) is 1.09. The minimum Gasteiger partial charge on any atom is -0.508 e. The molecule has 3 rings (SSSR count). The van der Waals surface area contributed by atoms with Crippen molar-refractivity contribution in [2.45, 2.75) is 40.0 Å². The zero-order valence-corrected chi connectivity index (χ0v) is 13.2. The van der Waals surface area contributed by atoms with Gasteiger partial charge in [0.25, 0.3) is 0 Å². The molecule has 1 aliphatic carbocycles. The summed E-state index contributed by atoms with van der Waals surface area (Å²) in [5, 5.41) is 9.31. The quantitative estimate of drug-likeness (QED) is 0.907. The van der Waals surface area contributed by atoms with E-state index in [4.69, 9.17) is 0 Å². The number of nitrogens with zero attached hydrogens (tertiary/aromatic N) is 1.